The fraction of sp³-hybridized carbons (Fsp3) is 0.286. The number of ketones is 1. The van der Waals surface area contributed by atoms with E-state index in [0.29, 0.717) is 12.2 Å². The Morgan fingerprint density at radius 1 is 1.04 bits per heavy atom. The number of carbonyl (C=O) groups excluding carboxylic acids is 1. The van der Waals surface area contributed by atoms with Gasteiger partial charge in [0.15, 0.2) is 0 Å². The molecule has 0 N–H and O–H groups in total. The molecule has 0 amide bonds. The number of thiophene rings is 1. The Morgan fingerprint density at radius 2 is 1.83 bits per heavy atom. The molecule has 0 aliphatic rings. The largest absolute Gasteiger partial charge is 0.299 e. The van der Waals surface area contributed by atoms with Crippen LogP contribution in [0.4, 0.5) is 0 Å². The molecule has 0 spiro atoms. The standard InChI is InChI=1S/C21H22OS/c1-3-16(4-2)20(22)14-15-7-5-8-17(13-15)18-9-6-10-21-19(18)11-12-23-21/h5-13,16H,3-4,14H2,1-2H3. The van der Waals surface area contributed by atoms with E-state index in [0.717, 1.165) is 18.4 Å². The van der Waals surface area contributed by atoms with E-state index in [1.165, 1.54) is 21.2 Å². The molecule has 0 aliphatic heterocycles. The number of rotatable bonds is 6. The highest BCUT2D eigenvalue weighted by Crippen LogP contribution is 2.32. The highest BCUT2D eigenvalue weighted by Gasteiger charge is 2.15. The van der Waals surface area contributed by atoms with Crippen molar-refractivity contribution in [1.29, 1.82) is 0 Å². The lowest BCUT2D eigenvalue weighted by atomic mass is 9.92. The molecule has 0 atom stereocenters. The van der Waals surface area contributed by atoms with E-state index in [1.54, 1.807) is 11.3 Å². The Hall–Kier alpha value is -1.93. The third-order valence-electron chi connectivity index (χ3n) is 4.55. The van der Waals surface area contributed by atoms with Gasteiger partial charge in [0.1, 0.15) is 5.78 Å². The molecule has 2 aromatic carbocycles. The fourth-order valence-corrected chi connectivity index (χ4v) is 4.00. The highest BCUT2D eigenvalue weighted by atomic mass is 32.1. The van der Waals surface area contributed by atoms with Crippen molar-refractivity contribution < 1.29 is 4.79 Å². The number of hydrogen-bond acceptors (Lipinski definition) is 2. The molecule has 0 saturated carbocycles. The average Bonchev–Trinajstić information content (AvgIpc) is 3.04. The Balaban J connectivity index is 1.91. The van der Waals surface area contributed by atoms with Crippen LogP contribution in [0.3, 0.4) is 0 Å². The lowest BCUT2D eigenvalue weighted by Gasteiger charge is -2.12. The van der Waals surface area contributed by atoms with Gasteiger partial charge in [-0.05, 0) is 47.0 Å². The summed E-state index contributed by atoms with van der Waals surface area (Å²) in [6, 6.07) is 17.0. The monoisotopic (exact) mass is 322 g/mol. The lowest BCUT2D eigenvalue weighted by molar-refractivity contribution is -0.122. The number of carbonyl (C=O) groups is 1. The van der Waals surface area contributed by atoms with Gasteiger partial charge in [-0.1, -0.05) is 50.2 Å². The number of fused-ring (bicyclic) bond motifs is 1. The third kappa shape index (κ3) is 3.37. The zero-order valence-electron chi connectivity index (χ0n) is 13.7. The first-order chi connectivity index (χ1) is 11.2. The highest BCUT2D eigenvalue weighted by molar-refractivity contribution is 7.17. The van der Waals surface area contributed by atoms with E-state index in [9.17, 15) is 4.79 Å². The van der Waals surface area contributed by atoms with Gasteiger partial charge in [-0.3, -0.25) is 4.79 Å². The smallest absolute Gasteiger partial charge is 0.140 e. The second-order valence-corrected chi connectivity index (χ2v) is 6.94. The Bertz CT molecular complexity index is 811. The lowest BCUT2D eigenvalue weighted by Crippen LogP contribution is -2.15. The van der Waals surface area contributed by atoms with Crippen LogP contribution in [0.1, 0.15) is 32.3 Å². The van der Waals surface area contributed by atoms with Crippen molar-refractivity contribution in [3.63, 3.8) is 0 Å². The van der Waals surface area contributed by atoms with E-state index in [4.69, 9.17) is 0 Å². The van der Waals surface area contributed by atoms with Crippen LogP contribution < -0.4 is 0 Å². The molecule has 1 aromatic heterocycles. The van der Waals surface area contributed by atoms with Crippen molar-refractivity contribution in [3.8, 4) is 11.1 Å². The first kappa shape index (κ1) is 15.9. The third-order valence-corrected chi connectivity index (χ3v) is 5.44. The van der Waals surface area contributed by atoms with E-state index < -0.39 is 0 Å². The van der Waals surface area contributed by atoms with Gasteiger partial charge in [-0.15, -0.1) is 11.3 Å². The molecule has 0 saturated heterocycles. The van der Waals surface area contributed by atoms with Gasteiger partial charge in [0.25, 0.3) is 0 Å². The molecule has 1 heterocycles. The topological polar surface area (TPSA) is 17.1 Å². The molecule has 3 rings (SSSR count). The van der Waals surface area contributed by atoms with Crippen LogP contribution in [0.25, 0.3) is 21.2 Å². The SMILES string of the molecule is CCC(CC)C(=O)Cc1cccc(-c2cccc3sccc23)c1. The minimum atomic E-state index is 0.193. The maximum absolute atomic E-state index is 12.4. The summed E-state index contributed by atoms with van der Waals surface area (Å²) in [5.74, 6) is 0.555. The molecule has 3 aromatic rings. The minimum absolute atomic E-state index is 0.193. The summed E-state index contributed by atoms with van der Waals surface area (Å²) >= 11 is 1.77. The predicted molar refractivity (Wildman–Crippen MR) is 100 cm³/mol. The summed E-state index contributed by atoms with van der Waals surface area (Å²) in [5, 5.41) is 3.43. The summed E-state index contributed by atoms with van der Waals surface area (Å²) in [6.45, 7) is 4.19. The Labute approximate surface area is 142 Å². The van der Waals surface area contributed by atoms with Crippen LogP contribution in [0, 0.1) is 5.92 Å². The molecule has 0 bridgehead atoms. The number of benzene rings is 2. The molecule has 0 unspecified atom stereocenters. The van der Waals surface area contributed by atoms with Gasteiger partial charge in [-0.2, -0.15) is 0 Å². The summed E-state index contributed by atoms with van der Waals surface area (Å²) < 4.78 is 1.31. The Morgan fingerprint density at radius 3 is 2.61 bits per heavy atom. The van der Waals surface area contributed by atoms with Gasteiger partial charge in [-0.25, -0.2) is 0 Å². The zero-order chi connectivity index (χ0) is 16.2. The number of Topliss-reactive ketones (excluding diaryl/α,β-unsaturated/α-hetero) is 1. The molecule has 0 fully saturated rings. The molecule has 0 radical (unpaired) electrons. The van der Waals surface area contributed by atoms with Gasteiger partial charge < -0.3 is 0 Å². The molecular weight excluding hydrogens is 300 g/mol. The van der Waals surface area contributed by atoms with Crippen LogP contribution in [-0.4, -0.2) is 5.78 Å². The first-order valence-electron chi connectivity index (χ1n) is 8.31. The summed E-state index contributed by atoms with van der Waals surface area (Å²) in [4.78, 5) is 12.4. The van der Waals surface area contributed by atoms with E-state index in [1.807, 2.05) is 0 Å². The second kappa shape index (κ2) is 7.10. The quantitative estimate of drug-likeness (QED) is 0.534. The van der Waals surface area contributed by atoms with Gasteiger partial charge in [0.2, 0.25) is 0 Å². The van der Waals surface area contributed by atoms with Crippen LogP contribution in [0.2, 0.25) is 0 Å². The molecule has 118 valence electrons. The maximum Gasteiger partial charge on any atom is 0.140 e. The second-order valence-electron chi connectivity index (χ2n) is 5.99. The molecule has 1 nitrogen and oxygen atoms in total. The number of hydrogen-bond donors (Lipinski definition) is 0. The molecule has 2 heteroatoms. The van der Waals surface area contributed by atoms with Crippen LogP contribution in [-0.2, 0) is 11.2 Å². The van der Waals surface area contributed by atoms with Crippen molar-refractivity contribution in [2.24, 2.45) is 5.92 Å². The minimum Gasteiger partial charge on any atom is -0.299 e. The van der Waals surface area contributed by atoms with Crippen LogP contribution >= 0.6 is 11.3 Å². The molecular formula is C21H22OS. The average molecular weight is 322 g/mol. The zero-order valence-corrected chi connectivity index (χ0v) is 14.5. The van der Waals surface area contributed by atoms with Gasteiger partial charge in [0.05, 0.1) is 0 Å². The van der Waals surface area contributed by atoms with Crippen LogP contribution in [0.5, 0.6) is 0 Å². The molecule has 23 heavy (non-hydrogen) atoms. The van der Waals surface area contributed by atoms with Crippen molar-refractivity contribution >= 4 is 27.2 Å². The van der Waals surface area contributed by atoms with Crippen molar-refractivity contribution in [2.75, 3.05) is 0 Å². The van der Waals surface area contributed by atoms with Crippen molar-refractivity contribution in [2.45, 2.75) is 33.1 Å². The Kier molecular flexibility index (Phi) is 4.92. The first-order valence-corrected chi connectivity index (χ1v) is 9.19. The van der Waals surface area contributed by atoms with Crippen LogP contribution in [0.15, 0.2) is 53.9 Å². The van der Waals surface area contributed by atoms with Crippen molar-refractivity contribution in [1.82, 2.24) is 0 Å². The summed E-state index contributed by atoms with van der Waals surface area (Å²) in [7, 11) is 0. The van der Waals surface area contributed by atoms with Gasteiger partial charge in [0, 0.05) is 22.4 Å². The summed E-state index contributed by atoms with van der Waals surface area (Å²) in [6.07, 6.45) is 2.41. The van der Waals surface area contributed by atoms with E-state index >= 15 is 0 Å². The maximum atomic E-state index is 12.4. The van der Waals surface area contributed by atoms with E-state index in [-0.39, 0.29) is 5.92 Å². The van der Waals surface area contributed by atoms with E-state index in [2.05, 4.69) is 67.8 Å². The molecule has 0 aliphatic carbocycles. The predicted octanol–water partition coefficient (Wildman–Crippen LogP) is 6.12. The van der Waals surface area contributed by atoms with Crippen molar-refractivity contribution in [3.05, 3.63) is 59.5 Å². The van der Waals surface area contributed by atoms with Gasteiger partial charge >= 0.3 is 0 Å². The fourth-order valence-electron chi connectivity index (χ4n) is 3.18. The normalized spacial score (nSPS) is 11.3. The summed E-state index contributed by atoms with van der Waals surface area (Å²) in [5.41, 5.74) is 3.57.